The van der Waals surface area contributed by atoms with Crippen molar-refractivity contribution in [3.8, 4) is 0 Å². The second kappa shape index (κ2) is 14.4. The van der Waals surface area contributed by atoms with Gasteiger partial charge < -0.3 is 20.4 Å². The Morgan fingerprint density at radius 2 is 1.68 bits per heavy atom. The summed E-state index contributed by atoms with van der Waals surface area (Å²) in [6.45, 7) is 1.92. The summed E-state index contributed by atoms with van der Waals surface area (Å²) >= 11 is 11.4. The van der Waals surface area contributed by atoms with Gasteiger partial charge in [-0.1, -0.05) is 35.3 Å². The van der Waals surface area contributed by atoms with Crippen LogP contribution in [0.3, 0.4) is 0 Å². The molecule has 2 aromatic heterocycles. The van der Waals surface area contributed by atoms with Crippen LogP contribution in [0, 0.1) is 20.2 Å². The first-order chi connectivity index (χ1) is 18.1. The van der Waals surface area contributed by atoms with Gasteiger partial charge in [-0.2, -0.15) is 0 Å². The first-order valence-electron chi connectivity index (χ1n) is 10.9. The van der Waals surface area contributed by atoms with E-state index in [0.29, 0.717) is 36.5 Å². The maximum absolute atomic E-state index is 10.8. The van der Waals surface area contributed by atoms with Crippen molar-refractivity contribution < 1.29 is 19.4 Å². The highest BCUT2D eigenvalue weighted by Gasteiger charge is 2.27. The van der Waals surface area contributed by atoms with Gasteiger partial charge in [0.15, 0.2) is 11.6 Å². The van der Waals surface area contributed by atoms with Gasteiger partial charge in [-0.15, -0.1) is 0 Å². The van der Waals surface area contributed by atoms with E-state index in [1.165, 1.54) is 7.05 Å². The minimum absolute atomic E-state index is 0.134. The molecule has 0 atom stereocenters. The maximum atomic E-state index is 10.8. The van der Waals surface area contributed by atoms with Crippen molar-refractivity contribution >= 4 is 35.8 Å². The number of rotatable bonds is 10. The number of nitrogens with one attached hydrogen (secondary N) is 2. The number of nitrogens with zero attached hydrogens (tertiary/aromatic N) is 6. The Labute approximate surface area is 227 Å². The molecule has 3 heterocycles. The zero-order valence-electron chi connectivity index (χ0n) is 20.3. The molecule has 0 saturated carbocycles. The Hall–Kier alpha value is -4.30. The number of pyridine rings is 2. The van der Waals surface area contributed by atoms with Gasteiger partial charge >= 0.3 is 11.4 Å². The van der Waals surface area contributed by atoms with Gasteiger partial charge in [-0.3, -0.25) is 29.8 Å². The van der Waals surface area contributed by atoms with E-state index in [-0.39, 0.29) is 24.2 Å². The van der Waals surface area contributed by atoms with Crippen LogP contribution in [0.1, 0.15) is 11.1 Å². The first-order valence-corrected chi connectivity index (χ1v) is 11.6. The van der Waals surface area contributed by atoms with Crippen molar-refractivity contribution in [1.29, 1.82) is 0 Å². The third-order valence-electron chi connectivity index (χ3n) is 5.08. The van der Waals surface area contributed by atoms with Crippen LogP contribution in [0.4, 0.5) is 0 Å². The van der Waals surface area contributed by atoms with Crippen LogP contribution in [0.25, 0.3) is 0 Å². The van der Waals surface area contributed by atoms with Gasteiger partial charge in [0.1, 0.15) is 10.3 Å². The number of carbonyl (C=O) groups is 2. The molecule has 0 amide bonds. The predicted molar refractivity (Wildman–Crippen MR) is 138 cm³/mol. The topological polar surface area (TPSA) is 177 Å². The van der Waals surface area contributed by atoms with Crippen LogP contribution in [0.5, 0.6) is 0 Å². The summed E-state index contributed by atoms with van der Waals surface area (Å²) < 4.78 is 0. The molecule has 16 heteroatoms. The normalized spacial score (nSPS) is 14.3. The fourth-order valence-electron chi connectivity index (χ4n) is 3.40. The SMILES string of the molecule is CN/C(=C(/C=O)[N+](=O)[O-])N(C)Cc1ccc(Cl)nc1.O=C/C(=C1/NCCN1Cc1ccc(Cl)nc1)[N+](=O)[O-]. The number of halogens is 2. The molecular formula is C22H24Cl2N8O6. The number of aldehydes is 2. The van der Waals surface area contributed by atoms with Crippen molar-refractivity contribution in [3.63, 3.8) is 0 Å². The zero-order chi connectivity index (χ0) is 28.2. The average Bonchev–Trinajstić information content (AvgIpc) is 3.33. The quantitative estimate of drug-likeness (QED) is 0.140. The smallest absolute Gasteiger partial charge is 0.348 e. The third-order valence-corrected chi connectivity index (χ3v) is 5.53. The van der Waals surface area contributed by atoms with Gasteiger partial charge in [0.2, 0.25) is 12.6 Å². The molecule has 14 nitrogen and oxygen atoms in total. The number of carbonyl (C=O) groups excluding carboxylic acids is 2. The van der Waals surface area contributed by atoms with E-state index in [2.05, 4.69) is 20.6 Å². The van der Waals surface area contributed by atoms with Crippen LogP contribution in [-0.4, -0.2) is 69.4 Å². The fraction of sp³-hybridized carbons (Fsp3) is 0.273. The van der Waals surface area contributed by atoms with Crippen LogP contribution in [0.2, 0.25) is 10.3 Å². The molecule has 0 aliphatic carbocycles. The molecule has 1 saturated heterocycles. The molecule has 0 spiro atoms. The lowest BCUT2D eigenvalue weighted by atomic mass is 10.2. The Balaban J connectivity index is 0.000000267. The number of hydrogen-bond donors (Lipinski definition) is 2. The Morgan fingerprint density at radius 1 is 1.08 bits per heavy atom. The second-order valence-corrected chi connectivity index (χ2v) is 8.42. The Bertz CT molecular complexity index is 1190. The lowest BCUT2D eigenvalue weighted by molar-refractivity contribution is -0.419. The minimum Gasteiger partial charge on any atom is -0.369 e. The molecule has 38 heavy (non-hydrogen) atoms. The largest absolute Gasteiger partial charge is 0.369 e. The highest BCUT2D eigenvalue weighted by atomic mass is 35.5. The number of aromatic nitrogens is 2. The van der Waals surface area contributed by atoms with Crippen LogP contribution >= 0.6 is 23.2 Å². The molecule has 1 aliphatic heterocycles. The van der Waals surface area contributed by atoms with E-state index in [4.69, 9.17) is 23.2 Å². The highest BCUT2D eigenvalue weighted by molar-refractivity contribution is 6.29. The molecule has 1 aliphatic rings. The summed E-state index contributed by atoms with van der Waals surface area (Å²) in [7, 11) is 3.15. The first kappa shape index (κ1) is 29.9. The monoisotopic (exact) mass is 566 g/mol. The van der Waals surface area contributed by atoms with Crippen LogP contribution in [-0.2, 0) is 22.7 Å². The predicted octanol–water partition coefficient (Wildman–Crippen LogP) is 1.82. The van der Waals surface area contributed by atoms with Crippen molar-refractivity contribution in [3.05, 3.63) is 101 Å². The van der Waals surface area contributed by atoms with E-state index in [9.17, 15) is 29.8 Å². The van der Waals surface area contributed by atoms with Gasteiger partial charge in [0.05, 0.1) is 9.85 Å². The lowest BCUT2D eigenvalue weighted by Crippen LogP contribution is -2.29. The summed E-state index contributed by atoms with van der Waals surface area (Å²) in [5.74, 6) is 0.380. The molecule has 0 bridgehead atoms. The van der Waals surface area contributed by atoms with Crippen molar-refractivity contribution in [2.24, 2.45) is 0 Å². The van der Waals surface area contributed by atoms with E-state index >= 15 is 0 Å². The average molecular weight is 567 g/mol. The molecule has 1 fully saturated rings. The van der Waals surface area contributed by atoms with Gasteiger partial charge in [0, 0.05) is 52.7 Å². The standard InChI is InChI=1S/C11H11ClN4O3.C11H13ClN4O3/c12-10-2-1-8(5-14-10)6-15-4-3-13-11(15)9(7-17)16(18)19;1-13-11(9(7-17)16(18)19)15(2)6-8-3-4-10(12)14-5-8/h1-2,5,7,13H,3-4,6H2;3-5,7,13H,6H2,1-2H3/b2*11-9+. The van der Waals surface area contributed by atoms with E-state index in [1.807, 2.05) is 0 Å². The van der Waals surface area contributed by atoms with E-state index < -0.39 is 21.2 Å². The van der Waals surface area contributed by atoms with Gasteiger partial charge in [-0.25, -0.2) is 9.97 Å². The van der Waals surface area contributed by atoms with E-state index in [0.717, 1.165) is 11.1 Å². The highest BCUT2D eigenvalue weighted by Crippen LogP contribution is 2.17. The molecule has 3 rings (SSSR count). The minimum atomic E-state index is -0.727. The van der Waals surface area contributed by atoms with Crippen molar-refractivity contribution in [2.75, 3.05) is 27.2 Å². The van der Waals surface area contributed by atoms with Crippen LogP contribution < -0.4 is 10.6 Å². The zero-order valence-corrected chi connectivity index (χ0v) is 21.8. The second-order valence-electron chi connectivity index (χ2n) is 7.65. The number of hydrogen-bond acceptors (Lipinski definition) is 12. The molecule has 0 aromatic carbocycles. The van der Waals surface area contributed by atoms with E-state index in [1.54, 1.807) is 53.5 Å². The van der Waals surface area contributed by atoms with Crippen molar-refractivity contribution in [2.45, 2.75) is 13.1 Å². The molecule has 2 aromatic rings. The van der Waals surface area contributed by atoms with Crippen LogP contribution in [0.15, 0.2) is 59.7 Å². The maximum Gasteiger partial charge on any atom is 0.348 e. The molecule has 0 unspecified atom stereocenters. The summed E-state index contributed by atoms with van der Waals surface area (Å²) in [5, 5.41) is 27.8. The summed E-state index contributed by atoms with van der Waals surface area (Å²) in [6.07, 6.45) is 3.63. The number of nitro groups is 2. The lowest BCUT2D eigenvalue weighted by Gasteiger charge is -2.21. The Morgan fingerprint density at radius 3 is 2.13 bits per heavy atom. The molecule has 0 radical (unpaired) electrons. The van der Waals surface area contributed by atoms with Crippen molar-refractivity contribution in [1.82, 2.24) is 30.4 Å². The summed E-state index contributed by atoms with van der Waals surface area (Å²) in [6, 6.07) is 6.82. The third kappa shape index (κ3) is 8.38. The molecular weight excluding hydrogens is 543 g/mol. The Kier molecular flexibility index (Phi) is 11.4. The molecule has 2 N–H and O–H groups in total. The summed E-state index contributed by atoms with van der Waals surface area (Å²) in [5.41, 5.74) is 0.693. The summed E-state index contributed by atoms with van der Waals surface area (Å²) in [4.78, 5) is 52.8. The van der Waals surface area contributed by atoms with Gasteiger partial charge in [0.25, 0.3) is 0 Å². The fourth-order valence-corrected chi connectivity index (χ4v) is 3.63. The van der Waals surface area contributed by atoms with Gasteiger partial charge in [-0.05, 0) is 23.3 Å². The number of allylic oxidation sites excluding steroid dienone is 2. The molecule has 202 valence electrons.